The monoisotopic (exact) mass is 325 g/mol. The number of urea groups is 1. The summed E-state index contributed by atoms with van der Waals surface area (Å²) >= 11 is 0. The van der Waals surface area contributed by atoms with Crippen LogP contribution in [0.1, 0.15) is 31.3 Å². The van der Waals surface area contributed by atoms with Gasteiger partial charge in [-0.2, -0.15) is 0 Å². The van der Waals surface area contributed by atoms with Gasteiger partial charge in [-0.1, -0.05) is 0 Å². The number of anilines is 1. The van der Waals surface area contributed by atoms with Gasteiger partial charge in [-0.15, -0.1) is 0 Å². The second-order valence-electron chi connectivity index (χ2n) is 6.04. The van der Waals surface area contributed by atoms with Crippen LogP contribution < -0.4 is 5.32 Å². The quantitative estimate of drug-likeness (QED) is 0.750. The molecule has 0 aliphatic carbocycles. The van der Waals surface area contributed by atoms with Crippen LogP contribution in [0.2, 0.25) is 0 Å². The number of furan rings is 1. The Kier molecular flexibility index (Phi) is 4.34. The van der Waals surface area contributed by atoms with Crippen LogP contribution in [0.25, 0.3) is 10.9 Å². The summed E-state index contributed by atoms with van der Waals surface area (Å²) in [6.07, 6.45) is 1.62. The second-order valence-corrected chi connectivity index (χ2v) is 6.04. The third-order valence-electron chi connectivity index (χ3n) is 4.53. The van der Waals surface area contributed by atoms with Gasteiger partial charge in [0.15, 0.2) is 0 Å². The molecule has 1 unspecified atom stereocenters. The van der Waals surface area contributed by atoms with Crippen molar-refractivity contribution in [1.82, 2.24) is 9.47 Å². The Hall–Kier alpha value is -2.69. The number of hydrogen-bond acceptors (Lipinski definition) is 2. The van der Waals surface area contributed by atoms with E-state index in [0.717, 1.165) is 23.4 Å². The van der Waals surface area contributed by atoms with Gasteiger partial charge in [-0.25, -0.2) is 4.79 Å². The minimum Gasteiger partial charge on any atom is -0.467 e. The molecule has 5 heteroatoms. The molecular weight excluding hydrogens is 302 g/mol. The Balaban J connectivity index is 1.78. The minimum absolute atomic E-state index is 0.132. The summed E-state index contributed by atoms with van der Waals surface area (Å²) < 4.78 is 7.63. The molecule has 0 aliphatic rings. The van der Waals surface area contributed by atoms with Gasteiger partial charge in [0.2, 0.25) is 0 Å². The molecule has 0 fully saturated rings. The molecule has 3 aromatic rings. The predicted octanol–water partition coefficient (Wildman–Crippen LogP) is 4.79. The molecule has 24 heavy (non-hydrogen) atoms. The molecule has 0 saturated carbocycles. The topological polar surface area (TPSA) is 50.4 Å². The van der Waals surface area contributed by atoms with E-state index in [1.165, 1.54) is 11.2 Å². The lowest BCUT2D eigenvalue weighted by atomic mass is 10.2. The van der Waals surface area contributed by atoms with Gasteiger partial charge >= 0.3 is 6.03 Å². The number of carbonyl (C=O) groups is 1. The summed E-state index contributed by atoms with van der Waals surface area (Å²) in [5, 5.41) is 4.09. The van der Waals surface area contributed by atoms with E-state index in [4.69, 9.17) is 4.42 Å². The van der Waals surface area contributed by atoms with E-state index in [1.807, 2.05) is 31.2 Å². The smallest absolute Gasteiger partial charge is 0.322 e. The molecule has 0 spiro atoms. The molecule has 2 aromatic heterocycles. The van der Waals surface area contributed by atoms with Crippen LogP contribution in [0.3, 0.4) is 0 Å². The van der Waals surface area contributed by atoms with Gasteiger partial charge in [0.05, 0.1) is 12.3 Å². The summed E-state index contributed by atoms with van der Waals surface area (Å²) in [4.78, 5) is 14.1. The number of rotatable bonds is 4. The summed E-state index contributed by atoms with van der Waals surface area (Å²) in [6, 6.07) is 11.6. The summed E-state index contributed by atoms with van der Waals surface area (Å²) in [5.74, 6) is 0.763. The van der Waals surface area contributed by atoms with Crippen molar-refractivity contribution < 1.29 is 9.21 Å². The Morgan fingerprint density at radius 1 is 1.33 bits per heavy atom. The maximum Gasteiger partial charge on any atom is 0.322 e. The zero-order chi connectivity index (χ0) is 17.3. The number of aromatic nitrogens is 1. The van der Waals surface area contributed by atoms with E-state index >= 15 is 0 Å². The average Bonchev–Trinajstić information content (AvgIpc) is 3.19. The first-order valence-corrected chi connectivity index (χ1v) is 8.18. The number of aryl methyl sites for hydroxylation is 2. The second kappa shape index (κ2) is 6.43. The molecule has 126 valence electrons. The first-order chi connectivity index (χ1) is 11.5. The van der Waals surface area contributed by atoms with E-state index < -0.39 is 0 Å². The number of carbonyl (C=O) groups excluding carboxylic acids is 1. The highest BCUT2D eigenvalue weighted by Crippen LogP contribution is 2.24. The molecule has 1 aromatic carbocycles. The highest BCUT2D eigenvalue weighted by Gasteiger charge is 2.19. The molecule has 0 aliphatic heterocycles. The third-order valence-corrected chi connectivity index (χ3v) is 4.53. The normalized spacial score (nSPS) is 12.3. The van der Waals surface area contributed by atoms with Crippen LogP contribution in [-0.2, 0) is 6.54 Å². The fraction of sp³-hybridized carbons (Fsp3) is 0.316. The van der Waals surface area contributed by atoms with Gasteiger partial charge in [-0.3, -0.25) is 0 Å². The van der Waals surface area contributed by atoms with E-state index in [-0.39, 0.29) is 12.1 Å². The third kappa shape index (κ3) is 2.89. The fourth-order valence-electron chi connectivity index (χ4n) is 3.01. The zero-order valence-corrected chi connectivity index (χ0v) is 14.5. The maximum absolute atomic E-state index is 12.5. The number of nitrogens with one attached hydrogen (secondary N) is 1. The molecule has 3 rings (SSSR count). The molecule has 5 nitrogen and oxygen atoms in total. The van der Waals surface area contributed by atoms with Crippen molar-refractivity contribution in [3.8, 4) is 0 Å². The molecule has 1 atom stereocenters. The highest BCUT2D eigenvalue weighted by atomic mass is 16.3. The Morgan fingerprint density at radius 3 is 2.79 bits per heavy atom. The fourth-order valence-corrected chi connectivity index (χ4v) is 3.01. The van der Waals surface area contributed by atoms with E-state index in [9.17, 15) is 4.79 Å². The summed E-state index contributed by atoms with van der Waals surface area (Å²) in [6.45, 7) is 7.10. The average molecular weight is 325 g/mol. The lowest BCUT2D eigenvalue weighted by molar-refractivity contribution is 0.201. The van der Waals surface area contributed by atoms with Crippen molar-refractivity contribution in [1.29, 1.82) is 0 Å². The van der Waals surface area contributed by atoms with Crippen LogP contribution in [0.5, 0.6) is 0 Å². The molecule has 0 saturated heterocycles. The Morgan fingerprint density at radius 2 is 2.12 bits per heavy atom. The van der Waals surface area contributed by atoms with E-state index in [0.29, 0.717) is 0 Å². The van der Waals surface area contributed by atoms with Gasteiger partial charge < -0.3 is 19.2 Å². The van der Waals surface area contributed by atoms with Crippen molar-refractivity contribution in [3.05, 3.63) is 54.1 Å². The van der Waals surface area contributed by atoms with Crippen molar-refractivity contribution in [2.75, 3.05) is 12.4 Å². The number of fused-ring (bicyclic) bond motifs is 1. The molecule has 2 heterocycles. The number of benzene rings is 1. The van der Waals surface area contributed by atoms with Crippen molar-refractivity contribution in [3.63, 3.8) is 0 Å². The van der Waals surface area contributed by atoms with Crippen LogP contribution in [0.15, 0.2) is 47.1 Å². The van der Waals surface area contributed by atoms with Gasteiger partial charge in [-0.05, 0) is 57.2 Å². The van der Waals surface area contributed by atoms with Gasteiger partial charge in [0.25, 0.3) is 0 Å². The molecule has 0 radical (unpaired) electrons. The molecule has 2 amide bonds. The number of hydrogen-bond donors (Lipinski definition) is 1. The zero-order valence-electron chi connectivity index (χ0n) is 14.5. The van der Waals surface area contributed by atoms with Gasteiger partial charge in [0, 0.05) is 35.9 Å². The largest absolute Gasteiger partial charge is 0.467 e. The van der Waals surface area contributed by atoms with Crippen molar-refractivity contribution >= 4 is 22.6 Å². The summed E-state index contributed by atoms with van der Waals surface area (Å²) in [5.41, 5.74) is 3.20. The standard InChI is InChI=1S/C19H23N3O2/c1-5-22-13(2)11-15-12-16(8-9-17(15)22)20-19(23)21(4)14(3)18-7-6-10-24-18/h6-12,14H,5H2,1-4H3,(H,20,23). The lowest BCUT2D eigenvalue weighted by Crippen LogP contribution is -2.33. The van der Waals surface area contributed by atoms with Crippen molar-refractivity contribution in [2.45, 2.75) is 33.4 Å². The molecular formula is C19H23N3O2. The van der Waals surface area contributed by atoms with Gasteiger partial charge in [0.1, 0.15) is 5.76 Å². The SMILES string of the molecule is CCn1c(C)cc2cc(NC(=O)N(C)C(C)c3ccco3)ccc21. The van der Waals surface area contributed by atoms with Crippen LogP contribution in [-0.4, -0.2) is 22.5 Å². The number of nitrogens with zero attached hydrogens (tertiary/aromatic N) is 2. The molecule has 1 N–H and O–H groups in total. The van der Waals surface area contributed by atoms with E-state index in [2.05, 4.69) is 35.9 Å². The first kappa shape index (κ1) is 16.2. The highest BCUT2D eigenvalue weighted by molar-refractivity contribution is 5.93. The van der Waals surface area contributed by atoms with Crippen LogP contribution >= 0.6 is 0 Å². The Bertz CT molecular complexity index is 849. The lowest BCUT2D eigenvalue weighted by Gasteiger charge is -2.23. The van der Waals surface area contributed by atoms with Crippen LogP contribution in [0, 0.1) is 6.92 Å². The van der Waals surface area contributed by atoms with Crippen LogP contribution in [0.4, 0.5) is 10.5 Å². The van der Waals surface area contributed by atoms with Crippen molar-refractivity contribution in [2.24, 2.45) is 0 Å². The Labute approximate surface area is 141 Å². The predicted molar refractivity (Wildman–Crippen MR) is 96.3 cm³/mol. The first-order valence-electron chi connectivity index (χ1n) is 8.18. The minimum atomic E-state index is -0.162. The van der Waals surface area contributed by atoms with E-state index in [1.54, 1.807) is 18.2 Å². The summed E-state index contributed by atoms with van der Waals surface area (Å²) in [7, 11) is 1.76. The number of amides is 2. The maximum atomic E-state index is 12.5. The molecule has 0 bridgehead atoms.